The van der Waals surface area contributed by atoms with E-state index < -0.39 is 5.97 Å². The Morgan fingerprint density at radius 2 is 2.25 bits per heavy atom. The second-order valence-electron chi connectivity index (χ2n) is 4.60. The molecule has 3 rings (SSSR count). The number of carboxylic acid groups (broad SMARTS) is 1. The number of H-pyrrole nitrogens is 1. The number of aromatic carboxylic acids is 1. The molecule has 9 heteroatoms. The van der Waals surface area contributed by atoms with E-state index in [1.54, 1.807) is 17.2 Å². The second kappa shape index (κ2) is 4.76. The van der Waals surface area contributed by atoms with Gasteiger partial charge in [-0.05, 0) is 6.07 Å². The number of aromatic amines is 1. The molecule has 0 saturated carbocycles. The van der Waals surface area contributed by atoms with Gasteiger partial charge in [0.05, 0.1) is 18.7 Å². The summed E-state index contributed by atoms with van der Waals surface area (Å²) in [7, 11) is 0. The zero-order valence-electron chi connectivity index (χ0n) is 10.4. The highest BCUT2D eigenvalue weighted by molar-refractivity contribution is 5.84. The molecule has 0 bridgehead atoms. The van der Waals surface area contributed by atoms with E-state index in [9.17, 15) is 9.59 Å². The summed E-state index contributed by atoms with van der Waals surface area (Å²) in [4.78, 5) is 24.3. The molecule has 1 saturated heterocycles. The Morgan fingerprint density at radius 3 is 2.85 bits per heavy atom. The van der Waals surface area contributed by atoms with Gasteiger partial charge in [0.15, 0.2) is 5.69 Å². The van der Waals surface area contributed by atoms with Gasteiger partial charge in [-0.2, -0.15) is 5.10 Å². The molecule has 1 fully saturated rings. The third-order valence-electron chi connectivity index (χ3n) is 3.22. The van der Waals surface area contributed by atoms with E-state index in [-0.39, 0.29) is 24.1 Å². The minimum absolute atomic E-state index is 0.00377. The summed E-state index contributed by atoms with van der Waals surface area (Å²) in [6.07, 6.45) is 3.26. The zero-order chi connectivity index (χ0) is 14.1. The van der Waals surface area contributed by atoms with Crippen LogP contribution in [0.15, 0.2) is 18.5 Å². The molecule has 1 amide bonds. The lowest BCUT2D eigenvalue weighted by molar-refractivity contribution is -0.136. The minimum Gasteiger partial charge on any atom is -0.476 e. The van der Waals surface area contributed by atoms with Crippen molar-refractivity contribution in [2.45, 2.75) is 12.5 Å². The highest BCUT2D eigenvalue weighted by Gasteiger charge is 2.33. The number of carbonyl (C=O) groups excluding carboxylic acids is 1. The number of hydrogen-bond acceptors (Lipinski definition) is 5. The lowest BCUT2D eigenvalue weighted by Gasteiger charge is -2.38. The molecule has 0 atom stereocenters. The number of carbonyl (C=O) groups is 2. The predicted octanol–water partition coefficient (Wildman–Crippen LogP) is -0.675. The molecule has 1 aliphatic rings. The van der Waals surface area contributed by atoms with E-state index in [4.69, 9.17) is 5.11 Å². The molecule has 2 N–H and O–H groups in total. The van der Waals surface area contributed by atoms with Gasteiger partial charge >= 0.3 is 5.97 Å². The summed E-state index contributed by atoms with van der Waals surface area (Å²) < 4.78 is 1.49. The number of likely N-dealkylation sites (tertiary alicyclic amines) is 1. The average molecular weight is 276 g/mol. The fourth-order valence-electron chi connectivity index (χ4n) is 2.04. The summed E-state index contributed by atoms with van der Waals surface area (Å²) >= 11 is 0. The van der Waals surface area contributed by atoms with Gasteiger partial charge in [-0.1, -0.05) is 5.21 Å². The van der Waals surface area contributed by atoms with Crippen LogP contribution in [0.2, 0.25) is 0 Å². The lowest BCUT2D eigenvalue weighted by atomic mass is 10.1. The first-order chi connectivity index (χ1) is 9.63. The summed E-state index contributed by atoms with van der Waals surface area (Å²) in [5.41, 5.74) is 0.680. The maximum absolute atomic E-state index is 11.9. The van der Waals surface area contributed by atoms with Crippen molar-refractivity contribution in [3.05, 3.63) is 29.8 Å². The maximum atomic E-state index is 11.9. The number of nitrogens with one attached hydrogen (secondary N) is 1. The molecular formula is C11H12N6O3. The highest BCUT2D eigenvalue weighted by Crippen LogP contribution is 2.21. The topological polar surface area (TPSA) is 117 Å². The Hall–Kier alpha value is -2.71. The van der Waals surface area contributed by atoms with Gasteiger partial charge in [-0.15, -0.1) is 5.10 Å². The zero-order valence-corrected chi connectivity index (χ0v) is 10.4. The van der Waals surface area contributed by atoms with Crippen LogP contribution in [0.1, 0.15) is 22.2 Å². The molecule has 1 aliphatic heterocycles. The Bertz CT molecular complexity index is 628. The first-order valence-electron chi connectivity index (χ1n) is 6.04. The standard InChI is InChI=1S/C11H12N6O3/c18-10(3-7-1-2-12-13-7)16-4-8(5-16)17-6-9(11(19)20)14-15-17/h1-2,6,8H,3-5H2,(H,12,13)(H,19,20). The number of rotatable bonds is 4. The van der Waals surface area contributed by atoms with Crippen LogP contribution < -0.4 is 0 Å². The lowest BCUT2D eigenvalue weighted by Crippen LogP contribution is -2.51. The molecule has 0 aliphatic carbocycles. The van der Waals surface area contributed by atoms with Crippen LogP contribution in [0.5, 0.6) is 0 Å². The van der Waals surface area contributed by atoms with Crippen LogP contribution in [0.3, 0.4) is 0 Å². The van der Waals surface area contributed by atoms with E-state index in [0.29, 0.717) is 13.1 Å². The Kier molecular flexibility index (Phi) is 2.93. The molecule has 104 valence electrons. The molecule has 0 unspecified atom stereocenters. The Labute approximate surface area is 113 Å². The summed E-state index contributed by atoms with van der Waals surface area (Å²) in [6, 6.07) is 1.74. The van der Waals surface area contributed by atoms with Crippen LogP contribution in [0.4, 0.5) is 0 Å². The van der Waals surface area contributed by atoms with Gasteiger partial charge in [0, 0.05) is 25.0 Å². The van der Waals surface area contributed by atoms with E-state index in [1.807, 2.05) is 0 Å². The smallest absolute Gasteiger partial charge is 0.358 e. The van der Waals surface area contributed by atoms with Crippen LogP contribution in [0, 0.1) is 0 Å². The monoisotopic (exact) mass is 276 g/mol. The van der Waals surface area contributed by atoms with Crippen LogP contribution in [0.25, 0.3) is 0 Å². The number of carboxylic acids is 1. The number of amides is 1. The SMILES string of the molecule is O=C(O)c1cn(C2CN(C(=O)Cc3ccn[nH]3)C2)nn1. The van der Waals surface area contributed by atoms with Crippen molar-refractivity contribution in [2.75, 3.05) is 13.1 Å². The first kappa shape index (κ1) is 12.3. The van der Waals surface area contributed by atoms with Crippen molar-refractivity contribution in [1.29, 1.82) is 0 Å². The predicted molar refractivity (Wildman–Crippen MR) is 64.9 cm³/mol. The molecule has 20 heavy (non-hydrogen) atoms. The van der Waals surface area contributed by atoms with Gasteiger partial charge in [0.25, 0.3) is 0 Å². The van der Waals surface area contributed by atoms with Crippen molar-refractivity contribution in [3.8, 4) is 0 Å². The second-order valence-corrected chi connectivity index (χ2v) is 4.60. The van der Waals surface area contributed by atoms with E-state index in [2.05, 4.69) is 20.5 Å². The largest absolute Gasteiger partial charge is 0.476 e. The van der Waals surface area contributed by atoms with E-state index >= 15 is 0 Å². The Balaban J connectivity index is 1.55. The van der Waals surface area contributed by atoms with Crippen LogP contribution in [-0.4, -0.2) is 60.2 Å². The van der Waals surface area contributed by atoms with Gasteiger partial charge in [-0.25, -0.2) is 9.48 Å². The normalized spacial score (nSPS) is 15.1. The number of aromatic nitrogens is 5. The van der Waals surface area contributed by atoms with Crippen molar-refractivity contribution in [3.63, 3.8) is 0 Å². The maximum Gasteiger partial charge on any atom is 0.358 e. The molecule has 2 aromatic heterocycles. The third-order valence-corrected chi connectivity index (χ3v) is 3.22. The summed E-state index contributed by atoms with van der Waals surface area (Å²) in [5.74, 6) is -1.10. The molecular weight excluding hydrogens is 264 g/mol. The van der Waals surface area contributed by atoms with Crippen molar-refractivity contribution >= 4 is 11.9 Å². The van der Waals surface area contributed by atoms with Crippen molar-refractivity contribution < 1.29 is 14.7 Å². The van der Waals surface area contributed by atoms with Gasteiger partial charge < -0.3 is 10.0 Å². The Morgan fingerprint density at radius 1 is 1.45 bits per heavy atom. The third kappa shape index (κ3) is 2.25. The average Bonchev–Trinajstić information content (AvgIpc) is 2.97. The summed E-state index contributed by atoms with van der Waals surface area (Å²) in [5, 5.41) is 22.6. The van der Waals surface area contributed by atoms with E-state index in [0.717, 1.165) is 5.69 Å². The van der Waals surface area contributed by atoms with Gasteiger partial charge in [0.2, 0.25) is 5.91 Å². The molecule has 0 spiro atoms. The molecule has 9 nitrogen and oxygen atoms in total. The summed E-state index contributed by atoms with van der Waals surface area (Å²) in [6.45, 7) is 1.02. The van der Waals surface area contributed by atoms with Crippen molar-refractivity contribution in [1.82, 2.24) is 30.1 Å². The van der Waals surface area contributed by atoms with Crippen LogP contribution >= 0.6 is 0 Å². The fourth-order valence-corrected chi connectivity index (χ4v) is 2.04. The van der Waals surface area contributed by atoms with Crippen LogP contribution in [-0.2, 0) is 11.2 Å². The minimum atomic E-state index is -1.11. The highest BCUT2D eigenvalue weighted by atomic mass is 16.4. The molecule has 0 aromatic carbocycles. The van der Waals surface area contributed by atoms with E-state index in [1.165, 1.54) is 10.9 Å². The number of nitrogens with zero attached hydrogens (tertiary/aromatic N) is 5. The number of hydrogen-bond donors (Lipinski definition) is 2. The first-order valence-corrected chi connectivity index (χ1v) is 6.04. The molecule has 2 aromatic rings. The van der Waals surface area contributed by atoms with Crippen molar-refractivity contribution in [2.24, 2.45) is 0 Å². The quantitative estimate of drug-likeness (QED) is 0.764. The molecule has 3 heterocycles. The fraction of sp³-hybridized carbons (Fsp3) is 0.364. The van der Waals surface area contributed by atoms with Gasteiger partial charge in [0.1, 0.15) is 0 Å². The molecule has 0 radical (unpaired) electrons. The van der Waals surface area contributed by atoms with Gasteiger partial charge in [-0.3, -0.25) is 9.89 Å².